The fraction of sp³-hybridized carbons (Fsp3) is 0.0208. The van der Waals surface area contributed by atoms with E-state index in [4.69, 9.17) is 23.8 Å². The summed E-state index contributed by atoms with van der Waals surface area (Å²) >= 11 is 0. The van der Waals surface area contributed by atoms with Crippen LogP contribution in [0.2, 0.25) is 0 Å². The van der Waals surface area contributed by atoms with E-state index in [0.717, 1.165) is 89.3 Å². The largest absolute Gasteiger partial charge is 0.455 e. The lowest BCUT2D eigenvalue weighted by Gasteiger charge is -2.12. The van der Waals surface area contributed by atoms with E-state index in [2.05, 4.69) is 85.5 Å². The smallest absolute Gasteiger partial charge is 0.164 e. The molecule has 1 aliphatic rings. The molecule has 53 heavy (non-hydrogen) atoms. The van der Waals surface area contributed by atoms with Crippen molar-refractivity contribution in [1.82, 2.24) is 15.0 Å². The fourth-order valence-corrected chi connectivity index (χ4v) is 7.31. The van der Waals surface area contributed by atoms with Crippen LogP contribution < -0.4 is 0 Å². The van der Waals surface area contributed by atoms with Crippen molar-refractivity contribution in [3.63, 3.8) is 0 Å². The lowest BCUT2D eigenvalue weighted by molar-refractivity contribution is 0.665. The molecule has 0 spiro atoms. The third-order valence-corrected chi connectivity index (χ3v) is 9.91. The van der Waals surface area contributed by atoms with Gasteiger partial charge in [-0.3, -0.25) is 0 Å². The summed E-state index contributed by atoms with van der Waals surface area (Å²) in [6, 6.07) is 43.3. The molecule has 0 bridgehead atoms. The Bertz CT molecular complexity index is 3000. The molecule has 0 aliphatic heterocycles. The number of rotatable bonds is 4. The highest BCUT2D eigenvalue weighted by atomic mass is 16.3. The minimum absolute atomic E-state index is 0.566. The van der Waals surface area contributed by atoms with Gasteiger partial charge in [-0.1, -0.05) is 140 Å². The van der Waals surface area contributed by atoms with Gasteiger partial charge in [-0.2, -0.15) is 0 Å². The molecule has 0 radical (unpaired) electrons. The maximum atomic E-state index is 6.73. The number of aromatic nitrogens is 3. The first kappa shape index (κ1) is 30.7. The summed E-state index contributed by atoms with van der Waals surface area (Å²) in [5.74, 6) is 1.75. The molecular weight excluding hydrogens is 651 g/mol. The predicted octanol–water partition coefficient (Wildman–Crippen LogP) is 12.6. The van der Waals surface area contributed by atoms with Crippen molar-refractivity contribution in [2.75, 3.05) is 0 Å². The maximum absolute atomic E-state index is 6.73. The van der Waals surface area contributed by atoms with E-state index in [-0.39, 0.29) is 0 Å². The van der Waals surface area contributed by atoms with E-state index in [0.29, 0.717) is 17.5 Å². The Morgan fingerprint density at radius 2 is 1.17 bits per heavy atom. The van der Waals surface area contributed by atoms with E-state index in [1.165, 1.54) is 5.56 Å². The van der Waals surface area contributed by atoms with Crippen LogP contribution in [0.25, 0.3) is 95.2 Å². The van der Waals surface area contributed by atoms with Crippen LogP contribution in [0.3, 0.4) is 0 Å². The first-order chi connectivity index (χ1) is 26.2. The van der Waals surface area contributed by atoms with Crippen molar-refractivity contribution in [1.29, 1.82) is 0 Å². The van der Waals surface area contributed by atoms with Gasteiger partial charge < -0.3 is 8.83 Å². The average molecular weight is 682 g/mol. The number of hydrogen-bond acceptors (Lipinski definition) is 5. The van der Waals surface area contributed by atoms with E-state index < -0.39 is 0 Å². The first-order valence-electron chi connectivity index (χ1n) is 17.7. The van der Waals surface area contributed by atoms with Crippen molar-refractivity contribution in [3.8, 4) is 45.3 Å². The molecule has 0 saturated carbocycles. The Morgan fingerprint density at radius 1 is 0.491 bits per heavy atom. The van der Waals surface area contributed by atoms with Gasteiger partial charge in [-0.15, -0.1) is 0 Å². The van der Waals surface area contributed by atoms with Crippen LogP contribution in [0.4, 0.5) is 0 Å². The Balaban J connectivity index is 1.20. The molecule has 0 saturated heterocycles. The zero-order valence-electron chi connectivity index (χ0n) is 28.7. The van der Waals surface area contributed by atoms with Gasteiger partial charge in [0.25, 0.3) is 0 Å². The van der Waals surface area contributed by atoms with Gasteiger partial charge in [0.15, 0.2) is 17.5 Å². The summed E-state index contributed by atoms with van der Waals surface area (Å²) < 4.78 is 13.2. The van der Waals surface area contributed by atoms with Gasteiger partial charge in [-0.25, -0.2) is 15.0 Å². The van der Waals surface area contributed by atoms with Gasteiger partial charge in [-0.05, 0) is 53.5 Å². The normalized spacial score (nSPS) is 14.8. The van der Waals surface area contributed by atoms with Crippen molar-refractivity contribution < 1.29 is 8.83 Å². The van der Waals surface area contributed by atoms with Crippen LogP contribution in [0.5, 0.6) is 0 Å². The van der Waals surface area contributed by atoms with E-state index in [1.807, 2.05) is 85.0 Å². The van der Waals surface area contributed by atoms with Gasteiger partial charge >= 0.3 is 0 Å². The maximum Gasteiger partial charge on any atom is 0.164 e. The van der Waals surface area contributed by atoms with Crippen molar-refractivity contribution in [3.05, 3.63) is 181 Å². The monoisotopic (exact) mass is 681 g/mol. The van der Waals surface area contributed by atoms with E-state index in [1.54, 1.807) is 0 Å². The summed E-state index contributed by atoms with van der Waals surface area (Å²) in [7, 11) is 0. The lowest BCUT2D eigenvalue weighted by atomic mass is 9.96. The zero-order chi connectivity index (χ0) is 35.3. The third kappa shape index (κ3) is 5.38. The van der Waals surface area contributed by atoms with E-state index in [9.17, 15) is 0 Å². The highest BCUT2D eigenvalue weighted by Gasteiger charge is 2.22. The number of furan rings is 2. The molecule has 0 unspecified atom stereocenters. The van der Waals surface area contributed by atoms with Crippen molar-refractivity contribution >= 4 is 50.0 Å². The Hall–Kier alpha value is -7.11. The molecule has 3 aromatic heterocycles. The molecule has 5 heteroatoms. The second-order valence-electron chi connectivity index (χ2n) is 13.2. The molecule has 10 rings (SSSR count). The molecule has 0 N–H and O–H groups in total. The van der Waals surface area contributed by atoms with Crippen LogP contribution in [0.1, 0.15) is 11.1 Å². The third-order valence-electron chi connectivity index (χ3n) is 9.91. The second kappa shape index (κ2) is 12.6. The van der Waals surface area contributed by atoms with Gasteiger partial charge in [0.05, 0.1) is 0 Å². The zero-order valence-corrected chi connectivity index (χ0v) is 28.7. The van der Waals surface area contributed by atoms with Crippen LogP contribution in [0, 0.1) is 0 Å². The topological polar surface area (TPSA) is 65.0 Å². The number of hydrogen-bond donors (Lipinski definition) is 0. The van der Waals surface area contributed by atoms with Gasteiger partial charge in [0.1, 0.15) is 22.3 Å². The SMILES string of the molecule is C=C1/C=C\C=C/Cc2ccc(-c3nc(-c4ccccc4)nc(-c4ccc(-c5cccc6c5oc5ccccc56)c5oc6ccccc6c45)n3)cc2/C=C\1. The Kier molecular flexibility index (Phi) is 7.29. The van der Waals surface area contributed by atoms with Crippen molar-refractivity contribution in [2.24, 2.45) is 0 Å². The Labute approximate surface area is 305 Å². The summed E-state index contributed by atoms with van der Waals surface area (Å²) in [5.41, 5.74) is 11.0. The molecular formula is C48H31N3O2. The first-order valence-corrected chi connectivity index (χ1v) is 17.7. The molecule has 3 heterocycles. The number of benzene rings is 6. The average Bonchev–Trinajstić information content (AvgIpc) is 3.79. The minimum atomic E-state index is 0.566. The molecule has 0 amide bonds. The quantitative estimate of drug-likeness (QED) is 0.185. The van der Waals surface area contributed by atoms with Crippen LogP contribution in [-0.4, -0.2) is 15.0 Å². The van der Waals surface area contributed by atoms with Crippen LogP contribution in [0.15, 0.2) is 179 Å². The van der Waals surface area contributed by atoms with Gasteiger partial charge in [0.2, 0.25) is 0 Å². The molecule has 9 aromatic rings. The van der Waals surface area contributed by atoms with Gasteiger partial charge in [0, 0.05) is 49.4 Å². The summed E-state index contributed by atoms with van der Waals surface area (Å²) in [6.45, 7) is 4.17. The predicted molar refractivity (Wildman–Crippen MR) is 216 cm³/mol. The Morgan fingerprint density at radius 3 is 2.04 bits per heavy atom. The molecule has 0 fully saturated rings. The number of fused-ring (bicyclic) bond motifs is 7. The highest BCUT2D eigenvalue weighted by molar-refractivity contribution is 6.18. The fourth-order valence-electron chi connectivity index (χ4n) is 7.31. The molecule has 250 valence electrons. The molecule has 1 aliphatic carbocycles. The van der Waals surface area contributed by atoms with E-state index >= 15 is 0 Å². The lowest BCUT2D eigenvalue weighted by Crippen LogP contribution is -2.01. The number of allylic oxidation sites excluding steroid dienone is 6. The molecule has 6 aromatic carbocycles. The molecule has 0 atom stereocenters. The number of para-hydroxylation sites is 3. The minimum Gasteiger partial charge on any atom is -0.455 e. The van der Waals surface area contributed by atoms with Crippen LogP contribution >= 0.6 is 0 Å². The van der Waals surface area contributed by atoms with Crippen molar-refractivity contribution in [2.45, 2.75) is 6.42 Å². The summed E-state index contributed by atoms with van der Waals surface area (Å²) in [4.78, 5) is 15.4. The highest BCUT2D eigenvalue weighted by Crippen LogP contribution is 2.44. The molecule has 5 nitrogen and oxygen atoms in total. The summed E-state index contributed by atoms with van der Waals surface area (Å²) in [5, 5.41) is 4.07. The standard InChI is InChI=1S/C48H31N3O2/c1-30-13-4-2-5-14-31-25-26-34(29-33(31)24-23-30)47-49-46(32-15-6-3-7-16-32)50-48(51-47)40-28-27-38(45-43(40)39-18-9-11-22-42(39)53-45)37-20-12-19-36-35-17-8-10-21-41(35)52-44(36)37/h2-13,15-29H,1,14H2/b5-2-,13-4-,24-23-. The second-order valence-corrected chi connectivity index (χ2v) is 13.2. The summed E-state index contributed by atoms with van der Waals surface area (Å²) in [6.07, 6.45) is 13.2. The van der Waals surface area contributed by atoms with Crippen LogP contribution in [-0.2, 0) is 6.42 Å². The number of nitrogens with zero attached hydrogens (tertiary/aromatic N) is 3.